The van der Waals surface area contributed by atoms with Crippen LogP contribution >= 0.6 is 0 Å². The number of fused-ring (bicyclic) bond motifs is 2. The molecule has 0 aliphatic carbocycles. The van der Waals surface area contributed by atoms with E-state index in [1.54, 1.807) is 0 Å². The fourth-order valence-electron chi connectivity index (χ4n) is 5.60. The fourth-order valence-corrected chi connectivity index (χ4v) is 5.60. The third-order valence-electron chi connectivity index (χ3n) is 8.10. The minimum Gasteiger partial charge on any atom is -0.374 e. The van der Waals surface area contributed by atoms with E-state index in [2.05, 4.69) is 109 Å². The minimum absolute atomic E-state index is 0. The standard InChI is InChI=1S/C29H17N2.C15H16N.B.Ir.Y/c1-2-13-26(14-3-1)31-28-16-7-6-15-27(28)30-29(31)25-12-8-11-23(20-25)24-18-17-21-9-4-5-10-22(21)19-24;1-15(2,3)13-9-10-16-14(11-13)12-7-5-4-6-8-12;;;/h1-11,13-18H;4-7,9-11H,1-3H3;;;/q-3;-1;;;. The summed E-state index contributed by atoms with van der Waals surface area (Å²) in [6.07, 6.45) is 1.87. The molecule has 2 heterocycles. The summed E-state index contributed by atoms with van der Waals surface area (Å²) in [5.74, 6) is 0.829. The van der Waals surface area contributed by atoms with Crippen molar-refractivity contribution in [2.24, 2.45) is 0 Å². The molecular weight excluding hydrogens is 862 g/mol. The Morgan fingerprint density at radius 2 is 1.36 bits per heavy atom. The van der Waals surface area contributed by atoms with Crippen molar-refractivity contribution in [1.82, 2.24) is 14.5 Å². The SMILES string of the molecule is CC(C)(C)c1ccnc(-c2[c-]cccc2)c1.[B].[Ir].[Y].[c-]1ccc(-c2[c-]c3ccccc3cc2)[c-]c1-c1nc2ccccc2n1-c1ccccc1. The molecule has 0 unspecified atom stereocenters. The summed E-state index contributed by atoms with van der Waals surface area (Å²) in [5, 5.41) is 2.28. The molecule has 3 nitrogen and oxygen atoms in total. The molecule has 6 heteroatoms. The van der Waals surface area contributed by atoms with Crippen molar-refractivity contribution in [3.63, 3.8) is 0 Å². The zero-order chi connectivity index (χ0) is 32.2. The van der Waals surface area contributed by atoms with Gasteiger partial charge in [0.15, 0.2) is 0 Å². The Morgan fingerprint density at radius 1 is 0.640 bits per heavy atom. The molecule has 2 aromatic heterocycles. The van der Waals surface area contributed by atoms with Crippen LogP contribution in [0.1, 0.15) is 26.3 Å². The third kappa shape index (κ3) is 8.65. The Morgan fingerprint density at radius 3 is 2.14 bits per heavy atom. The van der Waals surface area contributed by atoms with E-state index < -0.39 is 0 Å². The zero-order valence-corrected chi connectivity index (χ0v) is 33.4. The quantitative estimate of drug-likeness (QED) is 0.130. The van der Waals surface area contributed by atoms with E-state index in [9.17, 15) is 0 Å². The van der Waals surface area contributed by atoms with Gasteiger partial charge in [0.2, 0.25) is 0 Å². The van der Waals surface area contributed by atoms with Crippen LogP contribution in [0.3, 0.4) is 0 Å². The summed E-state index contributed by atoms with van der Waals surface area (Å²) in [5.41, 5.74) is 9.40. The first-order valence-corrected chi connectivity index (χ1v) is 15.8. The van der Waals surface area contributed by atoms with Crippen molar-refractivity contribution in [1.29, 1.82) is 0 Å². The molecule has 0 saturated carbocycles. The second-order valence-corrected chi connectivity index (χ2v) is 12.4. The maximum Gasteiger partial charge on any atom is 0.0668 e. The maximum absolute atomic E-state index is 4.93. The molecule has 0 amide bonds. The van der Waals surface area contributed by atoms with Gasteiger partial charge < -0.3 is 20.6 Å². The molecule has 0 N–H and O–H groups in total. The number of para-hydroxylation sites is 3. The van der Waals surface area contributed by atoms with Crippen LogP contribution in [0, 0.1) is 24.3 Å². The monoisotopic (exact) mass is 896 g/mol. The van der Waals surface area contributed by atoms with Crippen molar-refractivity contribution >= 4 is 30.2 Å². The summed E-state index contributed by atoms with van der Waals surface area (Å²) in [4.78, 5) is 9.33. The average Bonchev–Trinajstić information content (AvgIpc) is 3.52. The first-order chi connectivity index (χ1) is 22.9. The van der Waals surface area contributed by atoms with E-state index in [4.69, 9.17) is 4.98 Å². The topological polar surface area (TPSA) is 30.7 Å². The maximum atomic E-state index is 4.93. The zero-order valence-electron chi connectivity index (χ0n) is 28.2. The largest absolute Gasteiger partial charge is 0.374 e. The van der Waals surface area contributed by atoms with Gasteiger partial charge in [-0.2, -0.15) is 5.56 Å². The van der Waals surface area contributed by atoms with Gasteiger partial charge in [-0.15, -0.1) is 65.5 Å². The van der Waals surface area contributed by atoms with Crippen molar-refractivity contribution < 1.29 is 52.8 Å². The van der Waals surface area contributed by atoms with Crippen LogP contribution in [-0.4, -0.2) is 22.9 Å². The van der Waals surface area contributed by atoms with Gasteiger partial charge in [0, 0.05) is 73.1 Å². The molecule has 8 aromatic rings. The number of aromatic nitrogens is 3. The molecule has 0 bridgehead atoms. The number of benzene rings is 6. The van der Waals surface area contributed by atoms with Crippen LogP contribution in [-0.2, 0) is 58.2 Å². The van der Waals surface area contributed by atoms with Crippen molar-refractivity contribution in [2.45, 2.75) is 26.2 Å². The normalized spacial score (nSPS) is 10.6. The van der Waals surface area contributed by atoms with Gasteiger partial charge in [-0.1, -0.05) is 80.8 Å². The van der Waals surface area contributed by atoms with Gasteiger partial charge >= 0.3 is 0 Å². The van der Waals surface area contributed by atoms with Crippen LogP contribution in [0.2, 0.25) is 0 Å². The average molecular weight is 896 g/mol. The summed E-state index contributed by atoms with van der Waals surface area (Å²) in [7, 11) is 0. The molecule has 0 aliphatic rings. The summed E-state index contributed by atoms with van der Waals surface area (Å²) in [6, 6.07) is 60.7. The van der Waals surface area contributed by atoms with E-state index in [-0.39, 0.29) is 66.6 Å². The Kier molecular flexibility index (Phi) is 13.4. The van der Waals surface area contributed by atoms with Crippen LogP contribution in [0.5, 0.6) is 0 Å². The van der Waals surface area contributed by atoms with Gasteiger partial charge in [0.1, 0.15) is 0 Å². The Hall–Kier alpha value is -3.98. The van der Waals surface area contributed by atoms with E-state index in [0.29, 0.717) is 0 Å². The molecule has 0 aliphatic heterocycles. The Balaban J connectivity index is 0.000000254. The fraction of sp³-hybridized carbons (Fsp3) is 0.0909. The predicted molar refractivity (Wildman–Crippen MR) is 199 cm³/mol. The molecule has 50 heavy (non-hydrogen) atoms. The van der Waals surface area contributed by atoms with E-state index >= 15 is 0 Å². The number of hydrogen-bond donors (Lipinski definition) is 0. The van der Waals surface area contributed by atoms with E-state index in [1.807, 2.05) is 91.1 Å². The Labute approximate surface area is 336 Å². The van der Waals surface area contributed by atoms with Crippen molar-refractivity contribution in [3.05, 3.63) is 176 Å². The molecule has 8 rings (SSSR count). The van der Waals surface area contributed by atoms with Crippen molar-refractivity contribution in [3.8, 4) is 39.5 Å². The molecular formula is C44H33BIrN3Y-4. The number of imidazole rings is 1. The molecule has 0 atom stereocenters. The van der Waals surface area contributed by atoms with E-state index in [0.717, 1.165) is 55.9 Å². The molecule has 0 fully saturated rings. The summed E-state index contributed by atoms with van der Waals surface area (Å²) in [6.45, 7) is 6.63. The molecule has 5 radical (unpaired) electrons. The third-order valence-corrected chi connectivity index (χ3v) is 8.10. The summed E-state index contributed by atoms with van der Waals surface area (Å²) < 4.78 is 2.17. The Bertz CT molecular complexity index is 2300. The molecule has 0 saturated heterocycles. The minimum atomic E-state index is 0. The van der Waals surface area contributed by atoms with Crippen LogP contribution in [0.15, 0.2) is 146 Å². The second kappa shape index (κ2) is 17.3. The van der Waals surface area contributed by atoms with Crippen LogP contribution in [0.4, 0.5) is 0 Å². The number of pyridine rings is 1. The van der Waals surface area contributed by atoms with E-state index in [1.165, 1.54) is 10.9 Å². The van der Waals surface area contributed by atoms with Gasteiger partial charge in [-0.25, -0.2) is 6.07 Å². The number of rotatable bonds is 4. The molecule has 243 valence electrons. The first-order valence-electron chi connectivity index (χ1n) is 15.8. The van der Waals surface area contributed by atoms with Gasteiger partial charge in [-0.3, -0.25) is 23.3 Å². The molecule has 0 spiro atoms. The van der Waals surface area contributed by atoms with Gasteiger partial charge in [0.25, 0.3) is 0 Å². The number of hydrogen-bond acceptors (Lipinski definition) is 2. The second-order valence-electron chi connectivity index (χ2n) is 12.4. The molecule has 6 aromatic carbocycles. The van der Waals surface area contributed by atoms with Gasteiger partial charge in [0.05, 0.1) is 11.0 Å². The van der Waals surface area contributed by atoms with Crippen molar-refractivity contribution in [2.75, 3.05) is 0 Å². The first kappa shape index (κ1) is 38.8. The van der Waals surface area contributed by atoms with Gasteiger partial charge in [-0.05, 0) is 52.8 Å². The van der Waals surface area contributed by atoms with Crippen LogP contribution < -0.4 is 0 Å². The summed E-state index contributed by atoms with van der Waals surface area (Å²) >= 11 is 0. The smallest absolute Gasteiger partial charge is 0.0668 e. The predicted octanol–water partition coefficient (Wildman–Crippen LogP) is 10.4. The number of nitrogens with zero attached hydrogens (tertiary/aromatic N) is 3. The van der Waals surface area contributed by atoms with Crippen LogP contribution in [0.25, 0.3) is 61.3 Å².